The molecule has 0 spiro atoms. The van der Waals surface area contributed by atoms with Gasteiger partial charge in [0.15, 0.2) is 5.78 Å². The molecule has 0 radical (unpaired) electrons. The van der Waals surface area contributed by atoms with Gasteiger partial charge in [-0.15, -0.1) is 0 Å². The Morgan fingerprint density at radius 1 is 0.889 bits per heavy atom. The van der Waals surface area contributed by atoms with Crippen LogP contribution in [0.25, 0.3) is 0 Å². The van der Waals surface area contributed by atoms with Crippen molar-refractivity contribution in [1.82, 2.24) is 4.90 Å². The fourth-order valence-corrected chi connectivity index (χ4v) is 12.6. The molecule has 0 bridgehead atoms. The second-order valence-electron chi connectivity index (χ2n) is 17.4. The lowest BCUT2D eigenvalue weighted by molar-refractivity contribution is -0.232. The van der Waals surface area contributed by atoms with Crippen LogP contribution in [-0.4, -0.2) is 35.7 Å². The molecule has 0 aromatic heterocycles. The molecule has 0 unspecified atom stereocenters. The first kappa shape index (κ1) is 32.5. The Morgan fingerprint density at radius 2 is 1.58 bits per heavy atom. The van der Waals surface area contributed by atoms with Crippen LogP contribution in [0.2, 0.25) is 0 Å². The van der Waals surface area contributed by atoms with Gasteiger partial charge in [-0.1, -0.05) is 78.8 Å². The summed E-state index contributed by atoms with van der Waals surface area (Å²) in [7, 11) is 1.93. The molecule has 5 nitrogen and oxygen atoms in total. The second-order valence-corrected chi connectivity index (χ2v) is 17.4. The van der Waals surface area contributed by atoms with Crippen LogP contribution in [0.4, 0.5) is 0 Å². The van der Waals surface area contributed by atoms with Gasteiger partial charge < -0.3 is 9.64 Å². The van der Waals surface area contributed by atoms with Crippen molar-refractivity contribution in [2.45, 2.75) is 126 Å². The van der Waals surface area contributed by atoms with E-state index in [1.54, 1.807) is 6.92 Å². The zero-order valence-corrected chi connectivity index (χ0v) is 29.4. The Balaban J connectivity index is 1.37. The molecule has 5 heteroatoms. The van der Waals surface area contributed by atoms with Crippen molar-refractivity contribution < 1.29 is 19.1 Å². The molecule has 246 valence electrons. The van der Waals surface area contributed by atoms with E-state index in [0.717, 1.165) is 62.5 Å². The Kier molecular flexibility index (Phi) is 7.81. The van der Waals surface area contributed by atoms with Crippen molar-refractivity contribution in [1.29, 1.82) is 0 Å². The molecule has 0 saturated heterocycles. The highest BCUT2D eigenvalue weighted by molar-refractivity contribution is 6.06. The van der Waals surface area contributed by atoms with Crippen LogP contribution in [0.3, 0.4) is 0 Å². The molecule has 5 aliphatic rings. The molecule has 4 saturated carbocycles. The number of carbonyl (C=O) groups is 3. The maximum Gasteiger partial charge on any atom is 0.302 e. The molecule has 1 aromatic rings. The fraction of sp³-hybridized carbons (Fsp3) is 0.725. The van der Waals surface area contributed by atoms with E-state index < -0.39 is 5.41 Å². The maximum atomic E-state index is 14.7. The number of hydrogen-bond donors (Lipinski definition) is 0. The number of Topliss-reactive ketones (excluding diaryl/α,β-unsaturated/α-hetero) is 1. The van der Waals surface area contributed by atoms with Gasteiger partial charge >= 0.3 is 5.97 Å². The molecule has 0 heterocycles. The summed E-state index contributed by atoms with van der Waals surface area (Å²) in [6.07, 6.45) is 8.53. The van der Waals surface area contributed by atoms with E-state index >= 15 is 0 Å². The lowest BCUT2D eigenvalue weighted by Crippen LogP contribution is -2.66. The van der Waals surface area contributed by atoms with Crippen molar-refractivity contribution in [2.24, 2.45) is 50.7 Å². The van der Waals surface area contributed by atoms with Gasteiger partial charge in [0.1, 0.15) is 6.10 Å². The second kappa shape index (κ2) is 10.8. The van der Waals surface area contributed by atoms with E-state index in [1.807, 2.05) is 30.1 Å². The summed E-state index contributed by atoms with van der Waals surface area (Å²) in [5, 5.41) is 0. The van der Waals surface area contributed by atoms with Gasteiger partial charge in [-0.25, -0.2) is 0 Å². The Morgan fingerprint density at radius 3 is 2.22 bits per heavy atom. The topological polar surface area (TPSA) is 63.7 Å². The van der Waals surface area contributed by atoms with Gasteiger partial charge in [0.25, 0.3) is 0 Å². The quantitative estimate of drug-likeness (QED) is 0.311. The standard InChI is InChI=1S/C40H57NO4/c1-25(2)33-29(43)23-40(35(44)41(9)24-27-13-11-10-12-14-27)22-21-38(7)28(34(33)40)15-16-31-37(6)19-18-32(45-26(3)42)36(4,5)30(37)17-20-39(31,38)8/h10-14,25,28,30-32H,15-24H2,1-9H3/t28-,30+,31-,32+,37+,38-,39-,40-/m1/s1. The van der Waals surface area contributed by atoms with Crippen molar-refractivity contribution >= 4 is 17.7 Å². The number of hydrogen-bond acceptors (Lipinski definition) is 4. The number of benzene rings is 1. The average molecular weight is 616 g/mol. The first-order valence-corrected chi connectivity index (χ1v) is 17.8. The van der Waals surface area contributed by atoms with Gasteiger partial charge in [-0.3, -0.25) is 14.4 Å². The first-order valence-electron chi connectivity index (χ1n) is 17.8. The van der Waals surface area contributed by atoms with Gasteiger partial charge in [0.2, 0.25) is 5.91 Å². The molecule has 0 aliphatic heterocycles. The zero-order chi connectivity index (χ0) is 32.7. The van der Waals surface area contributed by atoms with Crippen LogP contribution in [0.15, 0.2) is 41.5 Å². The summed E-state index contributed by atoms with van der Waals surface area (Å²) < 4.78 is 5.94. The van der Waals surface area contributed by atoms with Crippen molar-refractivity contribution in [3.8, 4) is 0 Å². The molecule has 5 aliphatic carbocycles. The molecular weight excluding hydrogens is 558 g/mol. The summed E-state index contributed by atoms with van der Waals surface area (Å²) in [5.74, 6) is 1.60. The van der Waals surface area contributed by atoms with Crippen molar-refractivity contribution in [3.05, 3.63) is 47.0 Å². The fourth-order valence-electron chi connectivity index (χ4n) is 12.6. The van der Waals surface area contributed by atoms with E-state index in [1.165, 1.54) is 5.57 Å². The molecule has 6 rings (SSSR count). The van der Waals surface area contributed by atoms with E-state index in [9.17, 15) is 14.4 Å². The van der Waals surface area contributed by atoms with Gasteiger partial charge in [0.05, 0.1) is 5.41 Å². The summed E-state index contributed by atoms with van der Waals surface area (Å²) in [4.78, 5) is 42.6. The van der Waals surface area contributed by atoms with Crippen LogP contribution in [0, 0.1) is 50.7 Å². The highest BCUT2D eigenvalue weighted by Crippen LogP contribution is 2.76. The van der Waals surface area contributed by atoms with E-state index in [0.29, 0.717) is 24.8 Å². The van der Waals surface area contributed by atoms with Gasteiger partial charge in [0, 0.05) is 32.4 Å². The number of ketones is 1. The summed E-state index contributed by atoms with van der Waals surface area (Å²) in [6.45, 7) is 18.8. The van der Waals surface area contributed by atoms with Crippen LogP contribution in [-0.2, 0) is 25.7 Å². The number of nitrogens with zero attached hydrogens (tertiary/aromatic N) is 1. The third kappa shape index (κ3) is 4.55. The summed E-state index contributed by atoms with van der Waals surface area (Å²) in [6, 6.07) is 10.2. The Bertz CT molecular complexity index is 1410. The molecule has 1 amide bonds. The molecule has 1 aromatic carbocycles. The molecule has 45 heavy (non-hydrogen) atoms. The normalized spacial score (nSPS) is 40.3. The lowest BCUT2D eigenvalue weighted by Gasteiger charge is -2.72. The van der Waals surface area contributed by atoms with Crippen LogP contribution >= 0.6 is 0 Å². The lowest BCUT2D eigenvalue weighted by atomic mass is 9.33. The Labute approximate surface area is 271 Å². The van der Waals surface area contributed by atoms with Crippen LogP contribution in [0.1, 0.15) is 119 Å². The minimum atomic E-state index is -0.710. The monoisotopic (exact) mass is 615 g/mol. The van der Waals surface area contributed by atoms with E-state index in [4.69, 9.17) is 4.74 Å². The molecule has 0 N–H and O–H groups in total. The number of esters is 1. The molecule has 4 fully saturated rings. The van der Waals surface area contributed by atoms with Crippen molar-refractivity contribution in [3.63, 3.8) is 0 Å². The minimum Gasteiger partial charge on any atom is -0.462 e. The Hall–Kier alpha value is -2.43. The van der Waals surface area contributed by atoms with Crippen molar-refractivity contribution in [2.75, 3.05) is 7.05 Å². The number of allylic oxidation sites excluding steroid dienone is 1. The number of fused-ring (bicyclic) bond motifs is 7. The number of ether oxygens (including phenoxy) is 1. The third-order valence-corrected chi connectivity index (χ3v) is 14.7. The molecule has 8 atom stereocenters. The van der Waals surface area contributed by atoms with Gasteiger partial charge in [-0.2, -0.15) is 0 Å². The van der Waals surface area contributed by atoms with Crippen LogP contribution in [0.5, 0.6) is 0 Å². The number of carbonyl (C=O) groups excluding carboxylic acids is 3. The van der Waals surface area contributed by atoms with Gasteiger partial charge in [-0.05, 0) is 108 Å². The predicted molar refractivity (Wildman–Crippen MR) is 178 cm³/mol. The van der Waals surface area contributed by atoms with Crippen LogP contribution < -0.4 is 0 Å². The SMILES string of the molecule is CC(=O)O[C@H]1CC[C@]2(C)[C@H]3CC[C@@H]4C5=C(C(C)C)C(=O)C[C@]5(C(=O)N(C)Cc5ccccc5)CC[C@@]4(C)[C@]3(C)CC[C@H]2C1(C)C. The largest absolute Gasteiger partial charge is 0.462 e. The molecular formula is C40H57NO4. The van der Waals surface area contributed by atoms with E-state index in [-0.39, 0.29) is 57.3 Å². The minimum absolute atomic E-state index is 0.0165. The average Bonchev–Trinajstić information content (AvgIpc) is 3.28. The zero-order valence-electron chi connectivity index (χ0n) is 29.4. The first-order chi connectivity index (χ1) is 21.0. The predicted octanol–water partition coefficient (Wildman–Crippen LogP) is 8.56. The maximum absolute atomic E-state index is 14.7. The summed E-state index contributed by atoms with van der Waals surface area (Å²) in [5.41, 5.74) is 2.83. The van der Waals surface area contributed by atoms with E-state index in [2.05, 4.69) is 60.6 Å². The highest BCUT2D eigenvalue weighted by atomic mass is 16.5. The smallest absolute Gasteiger partial charge is 0.302 e. The number of amides is 1. The third-order valence-electron chi connectivity index (χ3n) is 14.7. The summed E-state index contributed by atoms with van der Waals surface area (Å²) >= 11 is 0. The number of rotatable bonds is 5. The highest BCUT2D eigenvalue weighted by Gasteiger charge is 2.71.